The van der Waals surface area contributed by atoms with Crippen LogP contribution in [0.4, 0.5) is 28.4 Å². The molecule has 9 aromatic rings. The molecule has 1 atom stereocenters. The highest BCUT2D eigenvalue weighted by molar-refractivity contribution is 6.24. The number of hydrogen-bond acceptors (Lipinski definition) is 2. The van der Waals surface area contributed by atoms with Gasteiger partial charge in [-0.25, -0.2) is 0 Å². The van der Waals surface area contributed by atoms with Crippen LogP contribution in [0.25, 0.3) is 43.4 Å². The van der Waals surface area contributed by atoms with Gasteiger partial charge in [0.2, 0.25) is 0 Å². The number of fused-ring (bicyclic) bond motifs is 5. The fraction of sp³-hybridized carbons (Fsp3) is 0.0714. The van der Waals surface area contributed by atoms with Crippen molar-refractivity contribution in [3.63, 3.8) is 0 Å². The molecule has 58 heavy (non-hydrogen) atoms. The molecule has 0 N–H and O–H groups in total. The van der Waals surface area contributed by atoms with Crippen LogP contribution in [0.3, 0.4) is 0 Å². The third-order valence-electron chi connectivity index (χ3n) is 11.7. The summed E-state index contributed by atoms with van der Waals surface area (Å²) in [6.45, 7) is 4.28. The van der Waals surface area contributed by atoms with Crippen molar-refractivity contribution in [1.29, 1.82) is 0 Å². The summed E-state index contributed by atoms with van der Waals surface area (Å²) in [6.07, 6.45) is 8.07. The van der Waals surface area contributed by atoms with E-state index in [0.717, 1.165) is 34.9 Å². The number of anilines is 5. The van der Waals surface area contributed by atoms with Crippen molar-refractivity contribution in [3.8, 4) is 11.1 Å². The van der Waals surface area contributed by atoms with Gasteiger partial charge in [0, 0.05) is 40.1 Å². The quantitative estimate of drug-likeness (QED) is 0.143. The molecule has 2 heteroatoms. The highest BCUT2D eigenvalue weighted by Crippen LogP contribution is 2.44. The van der Waals surface area contributed by atoms with Crippen molar-refractivity contribution in [3.05, 3.63) is 235 Å². The van der Waals surface area contributed by atoms with Crippen molar-refractivity contribution in [2.24, 2.45) is 0 Å². The highest BCUT2D eigenvalue weighted by Gasteiger charge is 2.22. The second kappa shape index (κ2) is 15.1. The molecule has 1 unspecified atom stereocenters. The summed E-state index contributed by atoms with van der Waals surface area (Å²) >= 11 is 0. The van der Waals surface area contributed by atoms with Gasteiger partial charge in [0.25, 0.3) is 0 Å². The maximum atomic E-state index is 2.47. The predicted octanol–water partition coefficient (Wildman–Crippen LogP) is 15.7. The van der Waals surface area contributed by atoms with E-state index in [9.17, 15) is 0 Å². The number of rotatable bonds is 8. The van der Waals surface area contributed by atoms with E-state index in [-0.39, 0.29) is 5.92 Å². The summed E-state index contributed by atoms with van der Waals surface area (Å²) in [5.74, 6) is 0.244. The smallest absolute Gasteiger partial charge is 0.0462 e. The molecule has 0 bridgehead atoms. The summed E-state index contributed by atoms with van der Waals surface area (Å²) in [5, 5.41) is 7.76. The first-order valence-corrected chi connectivity index (χ1v) is 20.3. The zero-order chi connectivity index (χ0) is 39.0. The number of para-hydroxylation sites is 2. The van der Waals surface area contributed by atoms with Gasteiger partial charge in [0.1, 0.15) is 0 Å². The predicted molar refractivity (Wildman–Crippen MR) is 248 cm³/mol. The van der Waals surface area contributed by atoms with E-state index in [0.29, 0.717) is 0 Å². The second-order valence-corrected chi connectivity index (χ2v) is 15.5. The first kappa shape index (κ1) is 35.3. The second-order valence-electron chi connectivity index (χ2n) is 15.5. The molecule has 0 amide bonds. The van der Waals surface area contributed by atoms with Gasteiger partial charge in [0.05, 0.1) is 0 Å². The molecule has 0 saturated heterocycles. The average molecular weight is 745 g/mol. The van der Waals surface area contributed by atoms with Crippen LogP contribution in [0.2, 0.25) is 0 Å². The molecule has 2 nitrogen and oxygen atoms in total. The van der Waals surface area contributed by atoms with Gasteiger partial charge in [-0.15, -0.1) is 0 Å². The third kappa shape index (κ3) is 6.53. The van der Waals surface area contributed by atoms with Crippen LogP contribution in [-0.2, 0) is 0 Å². The molecule has 10 rings (SSSR count). The van der Waals surface area contributed by atoms with Crippen molar-refractivity contribution in [2.75, 3.05) is 9.80 Å². The van der Waals surface area contributed by atoms with E-state index in [1.54, 1.807) is 0 Å². The average Bonchev–Trinajstić information content (AvgIpc) is 3.28. The lowest BCUT2D eigenvalue weighted by atomic mass is 9.83. The molecule has 0 fully saturated rings. The Morgan fingerprint density at radius 2 is 0.897 bits per heavy atom. The Balaban J connectivity index is 1.06. The van der Waals surface area contributed by atoms with Gasteiger partial charge in [-0.05, 0) is 148 Å². The number of nitrogens with zero attached hydrogens (tertiary/aromatic N) is 2. The van der Waals surface area contributed by atoms with Crippen LogP contribution in [0.15, 0.2) is 218 Å². The van der Waals surface area contributed by atoms with Crippen LogP contribution >= 0.6 is 0 Å². The standard InChI is InChI=1S/C56H44N2/c1-39-21-29-46(30-22-39)57(44-13-5-3-6-14-44)48-33-25-41(26-34-48)54-37-43-38-55(51-18-10-12-20-53(51)56(43)52-19-11-9-17-50(52)54)42-27-35-49(36-28-42)58(45-15-7-4-8-16-45)47-31-23-40(2)24-32-47/h3-27,29-38,42H,28H2,1-2H3. The van der Waals surface area contributed by atoms with E-state index in [1.807, 2.05) is 0 Å². The summed E-state index contributed by atoms with van der Waals surface area (Å²) in [4.78, 5) is 4.70. The minimum absolute atomic E-state index is 0.244. The van der Waals surface area contributed by atoms with E-state index in [1.165, 1.54) is 65.8 Å². The van der Waals surface area contributed by atoms with Crippen molar-refractivity contribution >= 4 is 60.8 Å². The number of allylic oxidation sites excluding steroid dienone is 3. The summed E-state index contributed by atoms with van der Waals surface area (Å²) < 4.78 is 0. The SMILES string of the molecule is Cc1ccc(N(C2=CCC(c3cc4cc(-c5ccc(N(c6ccccc6)c6ccc(C)cc6)cc5)c5ccccc5c4c4ccccc34)C=C2)c2ccccc2)cc1. The van der Waals surface area contributed by atoms with Crippen molar-refractivity contribution in [1.82, 2.24) is 0 Å². The molecule has 0 radical (unpaired) electrons. The maximum absolute atomic E-state index is 2.47. The molecule has 0 spiro atoms. The van der Waals surface area contributed by atoms with Crippen LogP contribution in [0, 0.1) is 13.8 Å². The molecular weight excluding hydrogens is 701 g/mol. The molecular formula is C56H44N2. The minimum Gasteiger partial charge on any atom is -0.311 e. The van der Waals surface area contributed by atoms with Crippen LogP contribution in [-0.4, -0.2) is 0 Å². The Morgan fingerprint density at radius 3 is 1.47 bits per heavy atom. The fourth-order valence-corrected chi connectivity index (χ4v) is 8.79. The van der Waals surface area contributed by atoms with E-state index >= 15 is 0 Å². The Kier molecular flexibility index (Phi) is 9.16. The normalized spacial score (nSPS) is 13.8. The fourth-order valence-electron chi connectivity index (χ4n) is 8.79. The molecule has 0 heterocycles. The molecule has 0 aliphatic heterocycles. The first-order chi connectivity index (χ1) is 28.6. The van der Waals surface area contributed by atoms with Gasteiger partial charge in [-0.1, -0.05) is 145 Å². The minimum atomic E-state index is 0.244. The first-order valence-electron chi connectivity index (χ1n) is 20.3. The largest absolute Gasteiger partial charge is 0.311 e. The van der Waals surface area contributed by atoms with E-state index < -0.39 is 0 Å². The Labute approximate surface area is 341 Å². The van der Waals surface area contributed by atoms with Crippen LogP contribution < -0.4 is 9.80 Å². The Hall–Kier alpha value is -7.16. The molecule has 0 saturated carbocycles. The van der Waals surface area contributed by atoms with Crippen LogP contribution in [0.5, 0.6) is 0 Å². The van der Waals surface area contributed by atoms with Gasteiger partial charge in [-0.3, -0.25) is 0 Å². The lowest BCUT2D eigenvalue weighted by Crippen LogP contribution is -2.17. The Morgan fingerprint density at radius 1 is 0.431 bits per heavy atom. The van der Waals surface area contributed by atoms with Gasteiger partial charge in [0.15, 0.2) is 0 Å². The molecule has 9 aromatic carbocycles. The summed E-state index contributed by atoms with van der Waals surface area (Å²) in [7, 11) is 0. The van der Waals surface area contributed by atoms with E-state index in [4.69, 9.17) is 0 Å². The van der Waals surface area contributed by atoms with Gasteiger partial charge in [-0.2, -0.15) is 0 Å². The van der Waals surface area contributed by atoms with Gasteiger partial charge >= 0.3 is 0 Å². The monoisotopic (exact) mass is 744 g/mol. The van der Waals surface area contributed by atoms with Crippen molar-refractivity contribution < 1.29 is 0 Å². The lowest BCUT2D eigenvalue weighted by molar-refractivity contribution is 0.848. The molecule has 1 aliphatic carbocycles. The molecule has 0 aromatic heterocycles. The number of benzene rings is 9. The summed E-state index contributed by atoms with van der Waals surface area (Å²) in [6, 6.07) is 70.9. The Bertz CT molecular complexity index is 2960. The van der Waals surface area contributed by atoms with Crippen LogP contribution in [0.1, 0.15) is 29.0 Å². The van der Waals surface area contributed by atoms with Gasteiger partial charge < -0.3 is 9.80 Å². The zero-order valence-corrected chi connectivity index (χ0v) is 32.9. The summed E-state index contributed by atoms with van der Waals surface area (Å²) in [5.41, 5.74) is 13.2. The highest BCUT2D eigenvalue weighted by atomic mass is 15.1. The molecule has 1 aliphatic rings. The zero-order valence-electron chi connectivity index (χ0n) is 32.9. The maximum Gasteiger partial charge on any atom is 0.0462 e. The molecule has 278 valence electrons. The van der Waals surface area contributed by atoms with Crippen molar-refractivity contribution in [2.45, 2.75) is 26.2 Å². The third-order valence-corrected chi connectivity index (χ3v) is 11.7. The topological polar surface area (TPSA) is 6.48 Å². The van der Waals surface area contributed by atoms with E-state index in [2.05, 4.69) is 236 Å². The number of aryl methyl sites for hydroxylation is 2. The number of hydrogen-bond donors (Lipinski definition) is 0. The lowest BCUT2D eigenvalue weighted by Gasteiger charge is -2.29.